The zero-order chi connectivity index (χ0) is 35.2. The van der Waals surface area contributed by atoms with Crippen LogP contribution in [0.25, 0.3) is 11.1 Å². The molecule has 2 saturated heterocycles. The monoisotopic (exact) mass is 771 g/mol. The molecule has 0 spiro atoms. The number of unbranched alkanes of at least 4 members (excludes halogenated alkanes) is 3. The van der Waals surface area contributed by atoms with E-state index < -0.39 is 0 Å². The highest BCUT2D eigenvalue weighted by Gasteiger charge is 2.42. The number of hydrogen-bond acceptors (Lipinski definition) is 8. The minimum atomic E-state index is -0.0621. The van der Waals surface area contributed by atoms with E-state index in [4.69, 9.17) is 0 Å². The molecule has 3 aliphatic rings. The minimum absolute atomic E-state index is 0. The van der Waals surface area contributed by atoms with Gasteiger partial charge in [-0.15, -0.1) is 11.3 Å². The Labute approximate surface area is 317 Å². The minimum Gasteiger partial charge on any atom is -1.00 e. The Bertz CT molecular complexity index is 1930. The molecular weight excluding hydrogens is 726 g/mol. The lowest BCUT2D eigenvalue weighted by molar-refractivity contribution is -0.673. The van der Waals surface area contributed by atoms with E-state index in [1.165, 1.54) is 11.3 Å². The number of rotatable bonds is 14. The van der Waals surface area contributed by atoms with E-state index in [-0.39, 0.29) is 47.9 Å². The number of carbonyl (C=O) groups excluding carboxylic acids is 3. The average molecular weight is 772 g/mol. The van der Waals surface area contributed by atoms with Crippen LogP contribution in [-0.4, -0.2) is 59.1 Å². The Morgan fingerprint density at radius 1 is 1.04 bits per heavy atom. The first-order chi connectivity index (χ1) is 24.2. The third kappa shape index (κ3) is 9.32. The van der Waals surface area contributed by atoms with Gasteiger partial charge in [0.1, 0.15) is 21.3 Å². The van der Waals surface area contributed by atoms with Crippen molar-refractivity contribution in [2.75, 3.05) is 29.6 Å². The second-order valence-electron chi connectivity index (χ2n) is 12.9. The molecule has 274 valence electrons. The van der Waals surface area contributed by atoms with Gasteiger partial charge in [-0.2, -0.15) is 11.8 Å². The van der Waals surface area contributed by atoms with Crippen LogP contribution in [0.5, 0.6) is 0 Å². The molecule has 6 rings (SSSR count). The summed E-state index contributed by atoms with van der Waals surface area (Å²) >= 11 is 4.96. The number of amides is 4. The normalized spacial score (nSPS) is 20.4. The van der Waals surface area contributed by atoms with Gasteiger partial charge in [0.25, 0.3) is 5.56 Å². The highest BCUT2D eigenvalue weighted by atomic mass is 35.5. The summed E-state index contributed by atoms with van der Waals surface area (Å²) in [5, 5.41) is 13.3. The summed E-state index contributed by atoms with van der Waals surface area (Å²) in [7, 11) is 3.97. The van der Waals surface area contributed by atoms with E-state index in [2.05, 4.69) is 32.2 Å². The summed E-state index contributed by atoms with van der Waals surface area (Å²) in [4.78, 5) is 53.1. The number of benzene rings is 1. The van der Waals surface area contributed by atoms with E-state index in [1.54, 1.807) is 11.8 Å². The van der Waals surface area contributed by atoms with E-state index in [1.807, 2.05) is 84.5 Å². The van der Waals surface area contributed by atoms with Crippen molar-refractivity contribution in [3.05, 3.63) is 67.8 Å². The number of hydrogen-bond donors (Lipinski definition) is 4. The van der Waals surface area contributed by atoms with Crippen LogP contribution < -0.4 is 57.9 Å². The highest BCUT2D eigenvalue weighted by molar-refractivity contribution is 8.08. The topological polar surface area (TPSA) is 128 Å². The number of aryl methyl sites for hydroxylation is 1. The van der Waals surface area contributed by atoms with Crippen LogP contribution in [0, 0.1) is 0 Å². The molecule has 5 heterocycles. The molecule has 0 aliphatic carbocycles. The van der Waals surface area contributed by atoms with Gasteiger partial charge in [-0.05, 0) is 56.9 Å². The van der Waals surface area contributed by atoms with Gasteiger partial charge in [0, 0.05) is 72.8 Å². The number of urea groups is 1. The summed E-state index contributed by atoms with van der Waals surface area (Å²) in [6, 6.07) is 12.3. The maximum absolute atomic E-state index is 13.5. The van der Waals surface area contributed by atoms with E-state index >= 15 is 0 Å². The first-order valence-electron chi connectivity index (χ1n) is 17.4. The molecule has 15 heteroatoms. The van der Waals surface area contributed by atoms with Gasteiger partial charge in [-0.3, -0.25) is 19.0 Å². The Morgan fingerprint density at radius 2 is 1.84 bits per heavy atom. The number of carbonyl (C=O) groups is 3. The summed E-state index contributed by atoms with van der Waals surface area (Å²) in [5.41, 5.74) is 2.76. The van der Waals surface area contributed by atoms with Crippen LogP contribution in [0.4, 0.5) is 16.2 Å². The predicted octanol–water partition coefficient (Wildman–Crippen LogP) is 0.236. The summed E-state index contributed by atoms with van der Waals surface area (Å²) in [6.45, 7) is 3.19. The molecule has 2 aromatic heterocycles. The fraction of sp³-hybridized carbons (Fsp3) is 0.472. The van der Waals surface area contributed by atoms with Crippen molar-refractivity contribution in [1.82, 2.24) is 20.5 Å². The molecule has 0 saturated carbocycles. The Morgan fingerprint density at radius 3 is 2.65 bits per heavy atom. The van der Waals surface area contributed by atoms with Gasteiger partial charge in [-0.1, -0.05) is 24.6 Å². The van der Waals surface area contributed by atoms with Crippen LogP contribution >= 0.6 is 34.9 Å². The van der Waals surface area contributed by atoms with Crippen LogP contribution in [-0.2, 0) is 23.2 Å². The SMILES string of the molecule is CCn1c(=Cc2cccc[n+]2C)sc(=C2Sc3cc(NC(=O)CCCCCNC(=O)CCCCC4SCC5NC(=O)NC54)ccc3N2C)c1=O.[Cl-]. The lowest BCUT2D eigenvalue weighted by Crippen LogP contribution is -3.00. The molecule has 0 radical (unpaired) electrons. The molecule has 4 amide bonds. The fourth-order valence-corrected chi connectivity index (χ4v) is 10.7. The third-order valence-electron chi connectivity index (χ3n) is 9.39. The number of anilines is 2. The standard InChI is InChI=1S/C36H45N7O4S3.ClH/c1-4-43-31(21-24-12-9-11-19-41(24)2)50-33(34(43)46)35-42(3)26-17-16-23(20-28(26)49-35)38-30(45)15-6-5-10-18-37-29(44)14-8-7-13-27-32-25(22-48-27)39-36(47)40-32;/h9,11-12,16-17,19-21,25,27,32H,4-8,10,13-15,18,22H2,1-3H3,(H3-,37,38,39,40,44,45,47);1H. The lowest BCUT2D eigenvalue weighted by Gasteiger charge is -2.16. The van der Waals surface area contributed by atoms with Crippen LogP contribution in [0.3, 0.4) is 0 Å². The quantitative estimate of drug-likeness (QED) is 0.105. The summed E-state index contributed by atoms with van der Waals surface area (Å²) < 4.78 is 5.47. The molecule has 3 aliphatic heterocycles. The molecule has 11 nitrogen and oxygen atoms in total. The summed E-state index contributed by atoms with van der Waals surface area (Å²) in [6.07, 6.45) is 10.2. The number of thioether (sulfide) groups is 2. The number of aromatic nitrogens is 2. The number of thiazole rings is 1. The van der Waals surface area contributed by atoms with Gasteiger partial charge in [0.2, 0.25) is 17.5 Å². The molecule has 3 atom stereocenters. The Balaban J connectivity index is 0.00000504. The van der Waals surface area contributed by atoms with Gasteiger partial charge >= 0.3 is 6.03 Å². The van der Waals surface area contributed by atoms with Crippen molar-refractivity contribution in [2.45, 2.75) is 87.1 Å². The molecule has 51 heavy (non-hydrogen) atoms. The largest absolute Gasteiger partial charge is 1.00 e. The number of pyridine rings is 1. The van der Waals surface area contributed by atoms with E-state index in [0.717, 1.165) is 75.9 Å². The predicted molar refractivity (Wildman–Crippen MR) is 203 cm³/mol. The number of halogens is 1. The van der Waals surface area contributed by atoms with Crippen LogP contribution in [0.1, 0.15) is 64.0 Å². The third-order valence-corrected chi connectivity index (χ3v) is 13.4. The number of nitrogens with zero attached hydrogens (tertiary/aromatic N) is 3. The molecule has 3 unspecified atom stereocenters. The first kappa shape index (κ1) is 38.8. The summed E-state index contributed by atoms with van der Waals surface area (Å²) in [5.74, 6) is 0.996. The van der Waals surface area contributed by atoms with Gasteiger partial charge in [0.15, 0.2) is 6.20 Å². The molecule has 1 aromatic carbocycles. The fourth-order valence-electron chi connectivity index (χ4n) is 6.61. The molecule has 0 bridgehead atoms. The Hall–Kier alpha value is -3.46. The van der Waals surface area contributed by atoms with E-state index in [0.29, 0.717) is 35.7 Å². The average Bonchev–Trinajstić information content (AvgIpc) is 3.83. The lowest BCUT2D eigenvalue weighted by atomic mass is 10.0. The van der Waals surface area contributed by atoms with Crippen molar-refractivity contribution in [3.63, 3.8) is 0 Å². The maximum Gasteiger partial charge on any atom is 0.315 e. The van der Waals surface area contributed by atoms with Gasteiger partial charge in [-0.25, -0.2) is 9.36 Å². The second-order valence-corrected chi connectivity index (χ2v) is 16.3. The highest BCUT2D eigenvalue weighted by Crippen LogP contribution is 2.46. The van der Waals surface area contributed by atoms with E-state index in [9.17, 15) is 19.2 Å². The molecule has 2 fully saturated rings. The van der Waals surface area contributed by atoms with Crippen molar-refractivity contribution in [2.24, 2.45) is 7.05 Å². The zero-order valence-electron chi connectivity index (χ0n) is 29.2. The van der Waals surface area contributed by atoms with Gasteiger partial charge in [0.05, 0.1) is 17.8 Å². The van der Waals surface area contributed by atoms with Crippen molar-refractivity contribution >= 4 is 75.2 Å². The van der Waals surface area contributed by atoms with Gasteiger partial charge < -0.3 is 38.6 Å². The van der Waals surface area contributed by atoms with Crippen molar-refractivity contribution < 1.29 is 31.4 Å². The van der Waals surface area contributed by atoms with Crippen molar-refractivity contribution in [3.8, 4) is 0 Å². The smallest absolute Gasteiger partial charge is 0.315 e. The Kier molecular flexibility index (Phi) is 13.6. The molecule has 3 aromatic rings. The zero-order valence-corrected chi connectivity index (χ0v) is 32.4. The van der Waals surface area contributed by atoms with Crippen LogP contribution in [0.15, 0.2) is 52.3 Å². The number of nitrogens with one attached hydrogen (secondary N) is 4. The first-order valence-corrected chi connectivity index (χ1v) is 20.1. The maximum atomic E-state index is 13.5. The second kappa shape index (κ2) is 17.8. The molecule has 4 N–H and O–H groups in total. The van der Waals surface area contributed by atoms with Crippen LogP contribution in [0.2, 0.25) is 0 Å². The number of fused-ring (bicyclic) bond motifs is 2. The molecular formula is C36H46ClN7O4S3. The van der Waals surface area contributed by atoms with Crippen molar-refractivity contribution in [1.29, 1.82) is 0 Å².